The number of benzene rings is 1. The maximum Gasteiger partial charge on any atom is 0.0380 e. The molecular weight excluding hydrogens is 296 g/mol. The number of nitrogens with two attached hydrogens (primary N) is 2. The lowest BCUT2D eigenvalue weighted by atomic mass is 10.0. The minimum atomic E-state index is 0.825. The first-order chi connectivity index (χ1) is 11.5. The third-order valence-corrected chi connectivity index (χ3v) is 4.35. The number of hydrogen-bond donors (Lipinski definition) is 2. The van der Waals surface area contributed by atoms with Crippen LogP contribution < -0.4 is 11.5 Å². The smallest absolute Gasteiger partial charge is 0.0380 e. The monoisotopic (exact) mass is 334 g/mol. The van der Waals surface area contributed by atoms with Crippen LogP contribution in [0.3, 0.4) is 0 Å². The van der Waals surface area contributed by atoms with E-state index in [0.29, 0.717) is 0 Å². The van der Waals surface area contributed by atoms with Crippen molar-refractivity contribution in [2.24, 2.45) is 0 Å². The second kappa shape index (κ2) is 11.3. The quantitative estimate of drug-likeness (QED) is 0.565. The highest BCUT2D eigenvalue weighted by Gasteiger charge is 2.12. The van der Waals surface area contributed by atoms with Gasteiger partial charge >= 0.3 is 0 Å². The van der Waals surface area contributed by atoms with Gasteiger partial charge in [0.05, 0.1) is 0 Å². The summed E-state index contributed by atoms with van der Waals surface area (Å²) in [5.41, 5.74) is 16.6. The van der Waals surface area contributed by atoms with Crippen LogP contribution in [0.2, 0.25) is 0 Å². The molecule has 0 fully saturated rings. The second-order valence-electron chi connectivity index (χ2n) is 6.80. The normalized spacial score (nSPS) is 11.6. The van der Waals surface area contributed by atoms with Crippen molar-refractivity contribution in [3.05, 3.63) is 23.3 Å². The van der Waals surface area contributed by atoms with E-state index in [0.717, 1.165) is 50.6 Å². The predicted octanol–water partition coefficient (Wildman–Crippen LogP) is 4.10. The van der Waals surface area contributed by atoms with Crippen molar-refractivity contribution in [1.82, 2.24) is 9.80 Å². The fraction of sp³-hybridized carbons (Fsp3) is 0.700. The Hall–Kier alpha value is -1.26. The summed E-state index contributed by atoms with van der Waals surface area (Å²) in [4.78, 5) is 4.98. The molecule has 0 aliphatic heterocycles. The molecule has 0 atom stereocenters. The molecular formula is C20H38N4. The topological polar surface area (TPSA) is 58.5 Å². The maximum atomic E-state index is 6.26. The highest BCUT2D eigenvalue weighted by atomic mass is 15.1. The van der Waals surface area contributed by atoms with E-state index in [4.69, 9.17) is 11.5 Å². The zero-order chi connectivity index (χ0) is 17.9. The van der Waals surface area contributed by atoms with Crippen LogP contribution in [-0.2, 0) is 13.1 Å². The van der Waals surface area contributed by atoms with Gasteiger partial charge in [0.25, 0.3) is 0 Å². The molecule has 0 saturated carbocycles. The van der Waals surface area contributed by atoms with E-state index < -0.39 is 0 Å². The average Bonchev–Trinajstić information content (AvgIpc) is 2.53. The molecule has 0 radical (unpaired) electrons. The first-order valence-corrected chi connectivity index (χ1v) is 9.66. The molecule has 4 N–H and O–H groups in total. The number of hydrogen-bond acceptors (Lipinski definition) is 4. The molecule has 0 aliphatic rings. The molecule has 1 aromatic carbocycles. The summed E-state index contributed by atoms with van der Waals surface area (Å²) >= 11 is 0. The van der Waals surface area contributed by atoms with Gasteiger partial charge in [0.15, 0.2) is 0 Å². The van der Waals surface area contributed by atoms with Crippen LogP contribution in [0.15, 0.2) is 12.1 Å². The zero-order valence-corrected chi connectivity index (χ0v) is 16.3. The molecule has 0 saturated heterocycles. The first kappa shape index (κ1) is 20.8. The fourth-order valence-electron chi connectivity index (χ4n) is 3.29. The van der Waals surface area contributed by atoms with Crippen molar-refractivity contribution < 1.29 is 0 Å². The first-order valence-electron chi connectivity index (χ1n) is 9.66. The molecule has 0 heterocycles. The summed E-state index contributed by atoms with van der Waals surface area (Å²) in [6.45, 7) is 15.2. The van der Waals surface area contributed by atoms with Crippen molar-refractivity contribution in [3.8, 4) is 0 Å². The molecule has 4 heteroatoms. The Morgan fingerprint density at radius 1 is 0.625 bits per heavy atom. The Bertz CT molecular complexity index is 422. The average molecular weight is 335 g/mol. The highest BCUT2D eigenvalue weighted by molar-refractivity contribution is 5.61. The Morgan fingerprint density at radius 3 is 1.25 bits per heavy atom. The lowest BCUT2D eigenvalue weighted by Crippen LogP contribution is -2.27. The maximum absolute atomic E-state index is 6.26. The molecule has 1 aromatic rings. The predicted molar refractivity (Wildman–Crippen MR) is 107 cm³/mol. The summed E-state index contributed by atoms with van der Waals surface area (Å²) in [7, 11) is 0. The Balaban J connectivity index is 2.94. The molecule has 24 heavy (non-hydrogen) atoms. The number of nitrogens with zero attached hydrogens (tertiary/aromatic N) is 2. The number of nitrogen functional groups attached to an aromatic ring is 2. The van der Waals surface area contributed by atoms with Gasteiger partial charge in [-0.2, -0.15) is 0 Å². The van der Waals surface area contributed by atoms with Crippen molar-refractivity contribution in [3.63, 3.8) is 0 Å². The van der Waals surface area contributed by atoms with Gasteiger partial charge in [0.2, 0.25) is 0 Å². The molecule has 0 bridgehead atoms. The molecule has 0 aliphatic carbocycles. The summed E-state index contributed by atoms with van der Waals surface area (Å²) in [6, 6.07) is 4.19. The molecule has 0 aromatic heterocycles. The fourth-order valence-corrected chi connectivity index (χ4v) is 3.29. The molecule has 138 valence electrons. The SMILES string of the molecule is CCCN(CCC)Cc1cc(CN(CCC)CCC)c(N)cc1N. The Kier molecular flexibility index (Phi) is 9.80. The van der Waals surface area contributed by atoms with E-state index in [-0.39, 0.29) is 0 Å². The van der Waals surface area contributed by atoms with Gasteiger partial charge in [-0.3, -0.25) is 9.80 Å². The van der Waals surface area contributed by atoms with Gasteiger partial charge < -0.3 is 11.5 Å². The van der Waals surface area contributed by atoms with Crippen LogP contribution in [0.4, 0.5) is 11.4 Å². The summed E-state index contributed by atoms with van der Waals surface area (Å²) < 4.78 is 0. The van der Waals surface area contributed by atoms with Gasteiger partial charge in [-0.05, 0) is 75.1 Å². The van der Waals surface area contributed by atoms with Crippen LogP contribution in [0.25, 0.3) is 0 Å². The summed E-state index contributed by atoms with van der Waals surface area (Å²) in [5, 5.41) is 0. The van der Waals surface area contributed by atoms with E-state index >= 15 is 0 Å². The van der Waals surface area contributed by atoms with Crippen LogP contribution in [0.5, 0.6) is 0 Å². The third-order valence-electron chi connectivity index (χ3n) is 4.35. The Morgan fingerprint density at radius 2 is 0.958 bits per heavy atom. The van der Waals surface area contributed by atoms with E-state index in [1.807, 2.05) is 6.07 Å². The van der Waals surface area contributed by atoms with E-state index in [2.05, 4.69) is 43.6 Å². The summed E-state index contributed by atoms with van der Waals surface area (Å²) in [5.74, 6) is 0. The van der Waals surface area contributed by atoms with E-state index in [1.54, 1.807) is 0 Å². The van der Waals surface area contributed by atoms with Gasteiger partial charge in [-0.25, -0.2) is 0 Å². The van der Waals surface area contributed by atoms with Crippen molar-refractivity contribution >= 4 is 11.4 Å². The number of anilines is 2. The lowest BCUT2D eigenvalue weighted by molar-refractivity contribution is 0.263. The van der Waals surface area contributed by atoms with Crippen molar-refractivity contribution in [2.75, 3.05) is 37.6 Å². The van der Waals surface area contributed by atoms with Crippen LogP contribution >= 0.6 is 0 Å². The second-order valence-corrected chi connectivity index (χ2v) is 6.80. The summed E-state index contributed by atoms with van der Waals surface area (Å²) in [6.07, 6.45) is 4.68. The van der Waals surface area contributed by atoms with Gasteiger partial charge in [-0.15, -0.1) is 0 Å². The number of rotatable bonds is 12. The van der Waals surface area contributed by atoms with Crippen LogP contribution in [0.1, 0.15) is 64.5 Å². The van der Waals surface area contributed by atoms with Crippen LogP contribution in [-0.4, -0.2) is 36.0 Å². The van der Waals surface area contributed by atoms with Gasteiger partial charge in [0, 0.05) is 24.5 Å². The molecule has 0 unspecified atom stereocenters. The van der Waals surface area contributed by atoms with E-state index in [1.165, 1.54) is 36.8 Å². The molecule has 1 rings (SSSR count). The molecule has 4 nitrogen and oxygen atoms in total. The third kappa shape index (κ3) is 6.70. The molecule has 0 spiro atoms. The Labute approximate surface area is 149 Å². The molecule has 0 amide bonds. The van der Waals surface area contributed by atoms with Crippen LogP contribution in [0, 0.1) is 0 Å². The van der Waals surface area contributed by atoms with Gasteiger partial charge in [0.1, 0.15) is 0 Å². The largest absolute Gasteiger partial charge is 0.398 e. The van der Waals surface area contributed by atoms with Gasteiger partial charge in [-0.1, -0.05) is 27.7 Å². The zero-order valence-electron chi connectivity index (χ0n) is 16.3. The highest BCUT2D eigenvalue weighted by Crippen LogP contribution is 2.24. The van der Waals surface area contributed by atoms with E-state index in [9.17, 15) is 0 Å². The standard InChI is InChI=1S/C20H38N4/c1-5-9-23(10-6-2)15-17-13-18(20(22)14-19(17)21)16-24(11-7-3)12-8-4/h13-14H,5-12,15-16,21-22H2,1-4H3. The van der Waals surface area contributed by atoms with Crippen molar-refractivity contribution in [1.29, 1.82) is 0 Å². The minimum absolute atomic E-state index is 0.825. The van der Waals surface area contributed by atoms with Crippen molar-refractivity contribution in [2.45, 2.75) is 66.5 Å². The lowest BCUT2D eigenvalue weighted by Gasteiger charge is -2.25. The minimum Gasteiger partial charge on any atom is -0.398 e.